The van der Waals surface area contributed by atoms with Crippen molar-refractivity contribution in [1.82, 2.24) is 0 Å². The third-order valence-corrected chi connectivity index (χ3v) is 14.9. The summed E-state index contributed by atoms with van der Waals surface area (Å²) in [6.45, 7) is 0. The first-order valence-corrected chi connectivity index (χ1v) is 13.9. The second-order valence-electron chi connectivity index (χ2n) is 8.08. The summed E-state index contributed by atoms with van der Waals surface area (Å²) in [5, 5.41) is 3.95. The molecule has 0 heterocycles. The molecule has 1 saturated carbocycles. The number of halogens is 1. The zero-order chi connectivity index (χ0) is 19.3. The van der Waals surface area contributed by atoms with Gasteiger partial charge >= 0.3 is 175 Å². The van der Waals surface area contributed by atoms with Crippen molar-refractivity contribution in [3.8, 4) is 0 Å². The van der Waals surface area contributed by atoms with Crippen LogP contribution in [-0.2, 0) is 0 Å². The molecule has 0 N–H and O–H groups in total. The van der Waals surface area contributed by atoms with Crippen LogP contribution in [0.4, 0.5) is 0 Å². The monoisotopic (exact) mass is 408 g/mol. The van der Waals surface area contributed by atoms with Gasteiger partial charge in [-0.05, 0) is 0 Å². The van der Waals surface area contributed by atoms with Crippen LogP contribution in [0, 0.1) is 0 Å². The van der Waals surface area contributed by atoms with Crippen molar-refractivity contribution < 1.29 is 0 Å². The quantitative estimate of drug-likeness (QED) is 0.417. The summed E-state index contributed by atoms with van der Waals surface area (Å²) >= 11 is 8.31. The van der Waals surface area contributed by atoms with Crippen molar-refractivity contribution in [3.63, 3.8) is 0 Å². The van der Waals surface area contributed by atoms with Crippen molar-refractivity contribution in [3.05, 3.63) is 91.0 Å². The molecular formula is C26H30ClP. The van der Waals surface area contributed by atoms with Crippen LogP contribution in [0.5, 0.6) is 0 Å². The molecule has 1 aliphatic carbocycles. The molecule has 0 spiro atoms. The summed E-state index contributed by atoms with van der Waals surface area (Å²) in [5.74, 6) is -3.13. The van der Waals surface area contributed by atoms with Crippen LogP contribution in [0.1, 0.15) is 44.9 Å². The molecular weight excluding hydrogens is 379 g/mol. The number of hydrogen-bond donors (Lipinski definition) is 0. The van der Waals surface area contributed by atoms with Gasteiger partial charge in [-0.25, -0.2) is 0 Å². The van der Waals surface area contributed by atoms with Crippen LogP contribution in [0.2, 0.25) is 0 Å². The Kier molecular flexibility index (Phi) is 5.91. The van der Waals surface area contributed by atoms with Crippen LogP contribution in [0.3, 0.4) is 0 Å². The van der Waals surface area contributed by atoms with Crippen LogP contribution >= 0.6 is 17.2 Å². The van der Waals surface area contributed by atoms with E-state index >= 15 is 0 Å². The Morgan fingerprint density at radius 2 is 0.821 bits per heavy atom. The predicted molar refractivity (Wildman–Crippen MR) is 127 cm³/mol. The maximum atomic E-state index is 8.31. The Balaban J connectivity index is 2.06. The first-order valence-electron chi connectivity index (χ1n) is 10.6. The summed E-state index contributed by atoms with van der Waals surface area (Å²) in [6.07, 6.45) is 9.01. The summed E-state index contributed by atoms with van der Waals surface area (Å²) in [5.41, 5.74) is 0.472. The van der Waals surface area contributed by atoms with Crippen molar-refractivity contribution in [2.75, 3.05) is 0 Å². The molecule has 3 aromatic rings. The third kappa shape index (κ3) is 3.22. The van der Waals surface area contributed by atoms with Gasteiger partial charge in [-0.15, -0.1) is 0 Å². The minimum absolute atomic E-state index is 0.472. The van der Waals surface area contributed by atoms with E-state index in [9.17, 15) is 0 Å². The van der Waals surface area contributed by atoms with Crippen molar-refractivity contribution in [2.45, 2.75) is 50.6 Å². The van der Waals surface area contributed by atoms with E-state index in [1.807, 2.05) is 0 Å². The second-order valence-corrected chi connectivity index (χ2v) is 14.6. The van der Waals surface area contributed by atoms with E-state index in [0.29, 0.717) is 5.66 Å². The fourth-order valence-electron chi connectivity index (χ4n) is 5.16. The molecule has 0 atom stereocenters. The van der Waals surface area contributed by atoms with Gasteiger partial charge in [0.1, 0.15) is 0 Å². The molecule has 0 bridgehead atoms. The van der Waals surface area contributed by atoms with Gasteiger partial charge in [-0.2, -0.15) is 0 Å². The van der Waals surface area contributed by atoms with E-state index in [1.165, 1.54) is 60.9 Å². The molecule has 0 amide bonds. The summed E-state index contributed by atoms with van der Waals surface area (Å²) < 4.78 is 0. The summed E-state index contributed by atoms with van der Waals surface area (Å²) in [6, 6.07) is 33.0. The molecule has 0 aliphatic heterocycles. The fraction of sp³-hybridized carbons (Fsp3) is 0.308. The number of hydrogen-bond acceptors (Lipinski definition) is 0. The van der Waals surface area contributed by atoms with Gasteiger partial charge in [0.05, 0.1) is 0 Å². The summed E-state index contributed by atoms with van der Waals surface area (Å²) in [7, 11) is 0. The van der Waals surface area contributed by atoms with Gasteiger partial charge in [0.2, 0.25) is 0 Å². The molecule has 0 nitrogen and oxygen atoms in total. The van der Waals surface area contributed by atoms with Crippen LogP contribution in [0.15, 0.2) is 91.0 Å². The zero-order valence-corrected chi connectivity index (χ0v) is 18.2. The molecule has 0 saturated heterocycles. The Hall–Kier alpha value is -1.62. The van der Waals surface area contributed by atoms with Crippen LogP contribution in [0.25, 0.3) is 0 Å². The van der Waals surface area contributed by atoms with Crippen molar-refractivity contribution >= 4 is 33.1 Å². The molecule has 0 radical (unpaired) electrons. The summed E-state index contributed by atoms with van der Waals surface area (Å²) in [4.78, 5) is 0. The van der Waals surface area contributed by atoms with Crippen molar-refractivity contribution in [1.29, 1.82) is 0 Å². The SMILES string of the molecule is ClP(c1ccccc1)(c1ccccc1)(c1ccccc1)C1CCCCCCC1. The normalized spacial score (nSPS) is 17.8. The van der Waals surface area contributed by atoms with Crippen LogP contribution in [-0.4, -0.2) is 5.66 Å². The van der Waals surface area contributed by atoms with E-state index < -0.39 is 5.96 Å². The number of rotatable bonds is 4. The minimum atomic E-state index is -3.13. The van der Waals surface area contributed by atoms with E-state index in [1.54, 1.807) is 0 Å². The Bertz CT molecular complexity index is 769. The third-order valence-electron chi connectivity index (χ3n) is 6.54. The van der Waals surface area contributed by atoms with Gasteiger partial charge in [-0.3, -0.25) is 0 Å². The average Bonchev–Trinajstić information content (AvgIpc) is 2.75. The van der Waals surface area contributed by atoms with Gasteiger partial charge in [-0.1, -0.05) is 0 Å². The van der Waals surface area contributed by atoms with E-state index in [-0.39, 0.29) is 0 Å². The van der Waals surface area contributed by atoms with Crippen molar-refractivity contribution in [2.24, 2.45) is 0 Å². The van der Waals surface area contributed by atoms with Gasteiger partial charge in [0.25, 0.3) is 0 Å². The maximum absolute atomic E-state index is 8.31. The molecule has 3 aromatic carbocycles. The van der Waals surface area contributed by atoms with Gasteiger partial charge in [0.15, 0.2) is 0 Å². The first-order chi connectivity index (χ1) is 13.7. The Labute approximate surface area is 174 Å². The zero-order valence-electron chi connectivity index (χ0n) is 16.5. The Morgan fingerprint density at radius 3 is 1.18 bits per heavy atom. The van der Waals surface area contributed by atoms with Gasteiger partial charge in [0, 0.05) is 0 Å². The molecule has 1 fully saturated rings. The Morgan fingerprint density at radius 1 is 0.500 bits per heavy atom. The average molecular weight is 409 g/mol. The second kappa shape index (κ2) is 8.40. The van der Waals surface area contributed by atoms with E-state index in [0.717, 1.165) is 0 Å². The predicted octanol–water partition coefficient (Wildman–Crippen LogP) is 6.78. The molecule has 0 aromatic heterocycles. The van der Waals surface area contributed by atoms with E-state index in [4.69, 9.17) is 11.2 Å². The van der Waals surface area contributed by atoms with Gasteiger partial charge < -0.3 is 0 Å². The molecule has 146 valence electrons. The molecule has 0 unspecified atom stereocenters. The molecule has 1 aliphatic rings. The molecule has 28 heavy (non-hydrogen) atoms. The topological polar surface area (TPSA) is 0 Å². The molecule has 2 heteroatoms. The van der Waals surface area contributed by atoms with E-state index in [2.05, 4.69) is 91.0 Å². The first kappa shape index (κ1) is 19.7. The fourth-order valence-corrected chi connectivity index (χ4v) is 12.5. The van der Waals surface area contributed by atoms with Crippen LogP contribution < -0.4 is 15.9 Å². The number of benzene rings is 3. The standard InChI is InChI=1S/C26H30ClP/c27-28(24-17-9-4-10-18-24,25-19-11-5-12-20-25,26-21-13-6-14-22-26)23-15-7-2-1-3-8-16-23/h4-6,9-14,17-23H,1-3,7-8,15-16H2. The molecule has 4 rings (SSSR count).